The fourth-order valence-electron chi connectivity index (χ4n) is 3.13. The maximum absolute atomic E-state index is 12.3. The van der Waals surface area contributed by atoms with Crippen molar-refractivity contribution in [3.8, 4) is 0 Å². The third-order valence-electron chi connectivity index (χ3n) is 4.71. The molecular formula is C17H24N6O2. The first-order valence-electron chi connectivity index (χ1n) is 8.55. The summed E-state index contributed by atoms with van der Waals surface area (Å²) in [7, 11) is 3.47. The first-order valence-corrected chi connectivity index (χ1v) is 8.55. The Morgan fingerprint density at radius 3 is 2.72 bits per heavy atom. The lowest BCUT2D eigenvalue weighted by molar-refractivity contribution is 0.0944. The van der Waals surface area contributed by atoms with Crippen LogP contribution in [0.2, 0.25) is 0 Å². The van der Waals surface area contributed by atoms with Gasteiger partial charge >= 0.3 is 0 Å². The third kappa shape index (κ3) is 3.72. The van der Waals surface area contributed by atoms with Gasteiger partial charge in [-0.1, -0.05) is 0 Å². The monoisotopic (exact) mass is 344 g/mol. The van der Waals surface area contributed by atoms with Crippen LogP contribution < -0.4 is 15.8 Å². The van der Waals surface area contributed by atoms with Crippen molar-refractivity contribution in [3.05, 3.63) is 39.9 Å². The van der Waals surface area contributed by atoms with E-state index in [1.807, 2.05) is 14.0 Å². The summed E-state index contributed by atoms with van der Waals surface area (Å²) < 4.78 is 3.03. The molecule has 134 valence electrons. The second-order valence-corrected chi connectivity index (χ2v) is 6.50. The largest absolute Gasteiger partial charge is 0.350 e. The average Bonchev–Trinajstić information content (AvgIpc) is 2.94. The molecule has 1 aliphatic heterocycles. The number of anilines is 1. The van der Waals surface area contributed by atoms with Crippen molar-refractivity contribution in [2.24, 2.45) is 14.1 Å². The van der Waals surface area contributed by atoms with Gasteiger partial charge in [0.25, 0.3) is 11.5 Å². The number of nitrogens with one attached hydrogen (secondary N) is 1. The summed E-state index contributed by atoms with van der Waals surface area (Å²) >= 11 is 0. The van der Waals surface area contributed by atoms with E-state index in [0.717, 1.165) is 37.3 Å². The van der Waals surface area contributed by atoms with Crippen molar-refractivity contribution < 1.29 is 4.79 Å². The SMILES string of the molecule is Cc1cc(C(=O)NCC2CCCCN2c2ccc(=O)n(C)n2)nn1C. The van der Waals surface area contributed by atoms with E-state index in [9.17, 15) is 9.59 Å². The van der Waals surface area contributed by atoms with Gasteiger partial charge in [0.1, 0.15) is 11.5 Å². The van der Waals surface area contributed by atoms with Gasteiger partial charge in [0.2, 0.25) is 0 Å². The second-order valence-electron chi connectivity index (χ2n) is 6.50. The van der Waals surface area contributed by atoms with Crippen LogP contribution in [0, 0.1) is 6.92 Å². The summed E-state index contributed by atoms with van der Waals surface area (Å²) in [6, 6.07) is 5.23. The topological polar surface area (TPSA) is 85.1 Å². The third-order valence-corrected chi connectivity index (χ3v) is 4.71. The quantitative estimate of drug-likeness (QED) is 0.878. The van der Waals surface area contributed by atoms with Crippen molar-refractivity contribution in [2.75, 3.05) is 18.0 Å². The fraction of sp³-hybridized carbons (Fsp3) is 0.529. The minimum atomic E-state index is -0.164. The van der Waals surface area contributed by atoms with Gasteiger partial charge in [-0.15, -0.1) is 0 Å². The van der Waals surface area contributed by atoms with Crippen LogP contribution in [-0.2, 0) is 14.1 Å². The summed E-state index contributed by atoms with van der Waals surface area (Å²) in [5.41, 5.74) is 1.25. The number of carbonyl (C=O) groups excluding carboxylic acids is 1. The van der Waals surface area contributed by atoms with Crippen molar-refractivity contribution in [1.82, 2.24) is 24.9 Å². The van der Waals surface area contributed by atoms with Crippen LogP contribution in [0.5, 0.6) is 0 Å². The minimum Gasteiger partial charge on any atom is -0.350 e. The number of carbonyl (C=O) groups is 1. The van der Waals surface area contributed by atoms with Gasteiger partial charge in [0.05, 0.1) is 0 Å². The van der Waals surface area contributed by atoms with Crippen molar-refractivity contribution >= 4 is 11.7 Å². The molecular weight excluding hydrogens is 320 g/mol. The summed E-state index contributed by atoms with van der Waals surface area (Å²) in [4.78, 5) is 26.1. The lowest BCUT2D eigenvalue weighted by atomic mass is 10.0. The predicted octanol–water partition coefficient (Wildman–Crippen LogP) is 0.611. The highest BCUT2D eigenvalue weighted by Crippen LogP contribution is 2.22. The molecule has 1 atom stereocenters. The summed E-state index contributed by atoms with van der Waals surface area (Å²) in [5, 5.41) is 11.5. The number of hydrogen-bond acceptors (Lipinski definition) is 5. The van der Waals surface area contributed by atoms with Gasteiger partial charge in [-0.05, 0) is 38.3 Å². The zero-order valence-corrected chi connectivity index (χ0v) is 14.9. The first kappa shape index (κ1) is 17.2. The molecule has 0 bridgehead atoms. The molecule has 1 saturated heterocycles. The number of amides is 1. The molecule has 0 spiro atoms. The molecule has 2 aromatic rings. The molecule has 8 nitrogen and oxygen atoms in total. The van der Waals surface area contributed by atoms with Crippen LogP contribution in [0.25, 0.3) is 0 Å². The van der Waals surface area contributed by atoms with E-state index in [1.165, 1.54) is 10.7 Å². The number of hydrogen-bond donors (Lipinski definition) is 1. The Morgan fingerprint density at radius 1 is 1.24 bits per heavy atom. The molecule has 3 heterocycles. The average molecular weight is 344 g/mol. The zero-order valence-electron chi connectivity index (χ0n) is 14.9. The van der Waals surface area contributed by atoms with Gasteiger partial charge in [0.15, 0.2) is 0 Å². The lowest BCUT2D eigenvalue weighted by Gasteiger charge is -2.36. The van der Waals surface area contributed by atoms with E-state index in [0.29, 0.717) is 12.2 Å². The lowest BCUT2D eigenvalue weighted by Crippen LogP contribution is -2.47. The van der Waals surface area contributed by atoms with Crippen LogP contribution in [0.3, 0.4) is 0 Å². The molecule has 0 radical (unpaired) electrons. The Bertz CT molecular complexity index is 805. The molecule has 3 rings (SSSR count). The molecule has 8 heteroatoms. The maximum Gasteiger partial charge on any atom is 0.271 e. The Balaban J connectivity index is 1.69. The van der Waals surface area contributed by atoms with E-state index in [1.54, 1.807) is 23.9 Å². The highest BCUT2D eigenvalue weighted by molar-refractivity contribution is 5.92. The zero-order chi connectivity index (χ0) is 18.0. The number of nitrogens with zero attached hydrogens (tertiary/aromatic N) is 5. The van der Waals surface area contributed by atoms with Crippen molar-refractivity contribution in [3.63, 3.8) is 0 Å². The van der Waals surface area contributed by atoms with E-state index in [2.05, 4.69) is 20.4 Å². The van der Waals surface area contributed by atoms with E-state index in [4.69, 9.17) is 0 Å². The fourth-order valence-corrected chi connectivity index (χ4v) is 3.13. The van der Waals surface area contributed by atoms with Gasteiger partial charge in [0, 0.05) is 45.0 Å². The van der Waals surface area contributed by atoms with Crippen LogP contribution in [0.4, 0.5) is 5.82 Å². The first-order chi connectivity index (χ1) is 12.0. The summed E-state index contributed by atoms with van der Waals surface area (Å²) in [6.45, 7) is 3.31. The number of rotatable bonds is 4. The van der Waals surface area contributed by atoms with E-state index in [-0.39, 0.29) is 17.5 Å². The molecule has 1 fully saturated rings. The molecule has 25 heavy (non-hydrogen) atoms. The number of piperidine rings is 1. The molecule has 2 aromatic heterocycles. The predicted molar refractivity (Wildman–Crippen MR) is 94.7 cm³/mol. The molecule has 0 saturated carbocycles. The van der Waals surface area contributed by atoms with Gasteiger partial charge < -0.3 is 10.2 Å². The minimum absolute atomic E-state index is 0.129. The maximum atomic E-state index is 12.3. The summed E-state index contributed by atoms with van der Waals surface area (Å²) in [5.74, 6) is 0.609. The molecule has 0 aliphatic carbocycles. The summed E-state index contributed by atoms with van der Waals surface area (Å²) in [6.07, 6.45) is 3.17. The number of aryl methyl sites for hydroxylation is 3. The van der Waals surface area contributed by atoms with Crippen LogP contribution in [0.1, 0.15) is 35.4 Å². The Hall–Kier alpha value is -2.64. The molecule has 1 aliphatic rings. The Morgan fingerprint density at radius 2 is 2.04 bits per heavy atom. The number of aromatic nitrogens is 4. The molecule has 0 aromatic carbocycles. The van der Waals surface area contributed by atoms with Gasteiger partial charge in [-0.3, -0.25) is 14.3 Å². The highest BCUT2D eigenvalue weighted by atomic mass is 16.2. The van der Waals surface area contributed by atoms with Crippen molar-refractivity contribution in [2.45, 2.75) is 32.2 Å². The second kappa shape index (κ2) is 7.08. The van der Waals surface area contributed by atoms with Crippen LogP contribution in [-0.4, -0.2) is 44.6 Å². The van der Waals surface area contributed by atoms with Gasteiger partial charge in [-0.25, -0.2) is 4.68 Å². The molecule has 1 unspecified atom stereocenters. The standard InChI is InChI=1S/C17H24N6O2/c1-12-10-14(19-21(12)2)17(25)18-11-13-6-4-5-9-23(13)15-7-8-16(24)22(3)20-15/h7-8,10,13H,4-6,9,11H2,1-3H3,(H,18,25). The molecule has 1 N–H and O–H groups in total. The molecule has 1 amide bonds. The Kier molecular flexibility index (Phi) is 4.87. The van der Waals surface area contributed by atoms with Crippen LogP contribution >= 0.6 is 0 Å². The van der Waals surface area contributed by atoms with E-state index >= 15 is 0 Å². The Labute approximate surface area is 146 Å². The van der Waals surface area contributed by atoms with Crippen LogP contribution in [0.15, 0.2) is 23.0 Å². The van der Waals surface area contributed by atoms with Gasteiger partial charge in [-0.2, -0.15) is 10.2 Å². The smallest absolute Gasteiger partial charge is 0.271 e. The normalized spacial score (nSPS) is 17.6. The highest BCUT2D eigenvalue weighted by Gasteiger charge is 2.25. The van der Waals surface area contributed by atoms with E-state index < -0.39 is 0 Å². The van der Waals surface area contributed by atoms with Crippen molar-refractivity contribution in [1.29, 1.82) is 0 Å².